The highest BCUT2D eigenvalue weighted by atomic mass is 16.5. The minimum atomic E-state index is -0.522. The Bertz CT molecular complexity index is 1710. The molecule has 1 atom stereocenters. The van der Waals surface area contributed by atoms with E-state index in [1.54, 1.807) is 18.5 Å². The Morgan fingerprint density at radius 3 is 2.44 bits per heavy atom. The molecule has 0 aliphatic heterocycles. The van der Waals surface area contributed by atoms with Gasteiger partial charge in [-0.1, -0.05) is 85.0 Å². The second kappa shape index (κ2) is 10.7. The maximum absolute atomic E-state index is 13.0. The lowest BCUT2D eigenvalue weighted by atomic mass is 9.71. The first kappa shape index (κ1) is 24.2. The standard InChI is InChI=1S/C34H25N3O2/c38-32(25-8-2-1-3-9-25)18-20-34(19-6-10-26(22-34)27-11-7-21-35-23-27)28-14-16-29(17-15-28)39-33-24-36-30-12-4-5-13-31(30)37-33/h1-21,23-24H,22H2/b20-18+. The summed E-state index contributed by atoms with van der Waals surface area (Å²) in [6, 6.07) is 28.9. The van der Waals surface area contributed by atoms with Crippen LogP contribution < -0.4 is 4.74 Å². The topological polar surface area (TPSA) is 65.0 Å². The van der Waals surface area contributed by atoms with Crippen molar-refractivity contribution in [3.63, 3.8) is 0 Å². The Balaban J connectivity index is 1.31. The Labute approximate surface area is 226 Å². The van der Waals surface area contributed by atoms with E-state index in [1.165, 1.54) is 0 Å². The summed E-state index contributed by atoms with van der Waals surface area (Å²) >= 11 is 0. The zero-order valence-corrected chi connectivity index (χ0v) is 21.1. The zero-order valence-electron chi connectivity index (χ0n) is 21.1. The van der Waals surface area contributed by atoms with Gasteiger partial charge in [0, 0.05) is 23.4 Å². The lowest BCUT2D eigenvalue weighted by molar-refractivity contribution is 0.104. The lowest BCUT2D eigenvalue weighted by Crippen LogP contribution is -2.23. The number of pyridine rings is 1. The van der Waals surface area contributed by atoms with Crippen molar-refractivity contribution in [3.8, 4) is 11.6 Å². The van der Waals surface area contributed by atoms with Gasteiger partial charge in [0.05, 0.1) is 17.2 Å². The first-order chi connectivity index (χ1) is 19.2. The molecule has 5 heteroatoms. The molecular weight excluding hydrogens is 482 g/mol. The highest BCUT2D eigenvalue weighted by Gasteiger charge is 2.30. The molecular formula is C34H25N3O2. The van der Waals surface area contributed by atoms with Crippen LogP contribution in [0, 0.1) is 0 Å². The number of fused-ring (bicyclic) bond motifs is 1. The van der Waals surface area contributed by atoms with Crippen LogP contribution in [0.5, 0.6) is 11.6 Å². The highest BCUT2D eigenvalue weighted by Crippen LogP contribution is 2.41. The fraction of sp³-hybridized carbons (Fsp3) is 0.0588. The van der Waals surface area contributed by atoms with E-state index in [0.29, 0.717) is 23.6 Å². The largest absolute Gasteiger partial charge is 0.437 e. The molecule has 1 aliphatic rings. The summed E-state index contributed by atoms with van der Waals surface area (Å²) in [6.07, 6.45) is 16.0. The molecule has 0 amide bonds. The van der Waals surface area contributed by atoms with Crippen molar-refractivity contribution in [1.29, 1.82) is 0 Å². The number of nitrogens with zero attached hydrogens (tertiary/aromatic N) is 3. The van der Waals surface area contributed by atoms with E-state index in [0.717, 1.165) is 27.7 Å². The average Bonchev–Trinajstić information content (AvgIpc) is 3.01. The van der Waals surface area contributed by atoms with E-state index in [-0.39, 0.29) is 5.78 Å². The molecule has 5 nitrogen and oxygen atoms in total. The highest BCUT2D eigenvalue weighted by molar-refractivity contribution is 6.04. The molecule has 0 radical (unpaired) electrons. The summed E-state index contributed by atoms with van der Waals surface area (Å²) < 4.78 is 6.02. The molecule has 1 unspecified atom stereocenters. The van der Waals surface area contributed by atoms with Gasteiger partial charge in [0.2, 0.25) is 5.88 Å². The number of para-hydroxylation sites is 2. The number of carbonyl (C=O) groups excluding carboxylic acids is 1. The van der Waals surface area contributed by atoms with Crippen molar-refractivity contribution in [1.82, 2.24) is 15.0 Å². The number of benzene rings is 3. The Kier molecular flexibility index (Phi) is 6.62. The van der Waals surface area contributed by atoms with Crippen molar-refractivity contribution in [3.05, 3.63) is 157 Å². The maximum Gasteiger partial charge on any atom is 0.238 e. The van der Waals surface area contributed by atoms with Crippen molar-refractivity contribution >= 4 is 22.4 Å². The molecule has 6 rings (SSSR count). The molecule has 0 saturated carbocycles. The molecule has 0 N–H and O–H groups in total. The Morgan fingerprint density at radius 1 is 0.846 bits per heavy atom. The number of hydrogen-bond acceptors (Lipinski definition) is 5. The lowest BCUT2D eigenvalue weighted by Gasteiger charge is -2.32. The predicted molar refractivity (Wildman–Crippen MR) is 154 cm³/mol. The molecule has 39 heavy (non-hydrogen) atoms. The minimum Gasteiger partial charge on any atom is -0.437 e. The van der Waals surface area contributed by atoms with E-state index in [9.17, 15) is 4.79 Å². The van der Waals surface area contributed by atoms with Crippen LogP contribution in [0.2, 0.25) is 0 Å². The Morgan fingerprint density at radius 2 is 1.64 bits per heavy atom. The fourth-order valence-corrected chi connectivity index (χ4v) is 4.80. The van der Waals surface area contributed by atoms with Gasteiger partial charge in [0.1, 0.15) is 5.75 Å². The smallest absolute Gasteiger partial charge is 0.238 e. The van der Waals surface area contributed by atoms with Crippen molar-refractivity contribution in [2.24, 2.45) is 0 Å². The summed E-state index contributed by atoms with van der Waals surface area (Å²) in [5, 5.41) is 0. The fourth-order valence-electron chi connectivity index (χ4n) is 4.80. The minimum absolute atomic E-state index is 0.0318. The van der Waals surface area contributed by atoms with Crippen LogP contribution in [0.1, 0.15) is 27.9 Å². The first-order valence-corrected chi connectivity index (χ1v) is 12.8. The number of hydrogen-bond donors (Lipinski definition) is 0. The number of rotatable bonds is 7. The number of ether oxygens (including phenoxy) is 1. The molecule has 0 bridgehead atoms. The number of ketones is 1. The van der Waals surface area contributed by atoms with Gasteiger partial charge in [-0.15, -0.1) is 0 Å². The van der Waals surface area contributed by atoms with Crippen LogP contribution in [-0.4, -0.2) is 20.7 Å². The van der Waals surface area contributed by atoms with E-state index in [1.807, 2.05) is 97.2 Å². The molecule has 5 aromatic rings. The van der Waals surface area contributed by atoms with Gasteiger partial charge in [-0.25, -0.2) is 9.97 Å². The van der Waals surface area contributed by atoms with Crippen LogP contribution in [-0.2, 0) is 5.41 Å². The third-order valence-corrected chi connectivity index (χ3v) is 6.84. The SMILES string of the molecule is O=C(/C=C/C1(c2ccc(Oc3cnc4ccccc4n3)cc2)C=CC=C(c2cccnc2)C1)c1ccccc1. The number of allylic oxidation sites excluding steroid dienone is 6. The first-order valence-electron chi connectivity index (χ1n) is 12.8. The molecule has 0 fully saturated rings. The summed E-state index contributed by atoms with van der Waals surface area (Å²) in [7, 11) is 0. The molecule has 2 aromatic heterocycles. The van der Waals surface area contributed by atoms with Gasteiger partial charge in [-0.05, 0) is 59.5 Å². The molecule has 0 saturated heterocycles. The molecule has 3 aromatic carbocycles. The van der Waals surface area contributed by atoms with Crippen molar-refractivity contribution in [2.45, 2.75) is 11.8 Å². The van der Waals surface area contributed by atoms with Crippen molar-refractivity contribution in [2.75, 3.05) is 0 Å². The van der Waals surface area contributed by atoms with Gasteiger partial charge in [0.25, 0.3) is 0 Å². The molecule has 188 valence electrons. The van der Waals surface area contributed by atoms with Crippen molar-refractivity contribution < 1.29 is 9.53 Å². The van der Waals surface area contributed by atoms with Gasteiger partial charge in [0.15, 0.2) is 5.78 Å². The van der Waals surface area contributed by atoms with Crippen LogP contribution >= 0.6 is 0 Å². The van der Waals surface area contributed by atoms with E-state index >= 15 is 0 Å². The second-order valence-corrected chi connectivity index (χ2v) is 9.40. The van der Waals surface area contributed by atoms with E-state index in [2.05, 4.69) is 39.2 Å². The van der Waals surface area contributed by atoms with E-state index in [4.69, 9.17) is 4.74 Å². The van der Waals surface area contributed by atoms with Gasteiger partial charge >= 0.3 is 0 Å². The maximum atomic E-state index is 13.0. The van der Waals surface area contributed by atoms with Crippen LogP contribution in [0.3, 0.4) is 0 Å². The normalized spacial score (nSPS) is 16.8. The summed E-state index contributed by atoms with van der Waals surface area (Å²) in [6.45, 7) is 0. The molecule has 1 aliphatic carbocycles. The monoisotopic (exact) mass is 507 g/mol. The van der Waals surface area contributed by atoms with Gasteiger partial charge < -0.3 is 4.74 Å². The number of carbonyl (C=O) groups is 1. The summed E-state index contributed by atoms with van der Waals surface area (Å²) in [4.78, 5) is 26.3. The van der Waals surface area contributed by atoms with Gasteiger partial charge in [-0.2, -0.15) is 0 Å². The third kappa shape index (κ3) is 5.29. The summed E-state index contributed by atoms with van der Waals surface area (Å²) in [5.41, 5.74) is 4.99. The van der Waals surface area contributed by atoms with Crippen LogP contribution in [0.4, 0.5) is 0 Å². The van der Waals surface area contributed by atoms with Crippen LogP contribution in [0.25, 0.3) is 16.6 Å². The zero-order chi connectivity index (χ0) is 26.5. The summed E-state index contributed by atoms with van der Waals surface area (Å²) in [5.74, 6) is 1.06. The quantitative estimate of drug-likeness (QED) is 0.168. The van der Waals surface area contributed by atoms with Gasteiger partial charge in [-0.3, -0.25) is 9.78 Å². The average molecular weight is 508 g/mol. The predicted octanol–water partition coefficient (Wildman–Crippen LogP) is 7.54. The number of aromatic nitrogens is 3. The Hall–Kier alpha value is -5.16. The molecule has 2 heterocycles. The second-order valence-electron chi connectivity index (χ2n) is 9.40. The van der Waals surface area contributed by atoms with Crippen LogP contribution in [0.15, 0.2) is 140 Å². The van der Waals surface area contributed by atoms with E-state index < -0.39 is 5.41 Å². The molecule has 0 spiro atoms. The third-order valence-electron chi connectivity index (χ3n) is 6.84.